The molecule has 0 saturated carbocycles. The minimum absolute atomic E-state index is 0. The number of aliphatic carboxylic acids is 1. The molecule has 0 aromatic carbocycles. The molecule has 0 aliphatic carbocycles. The Morgan fingerprint density at radius 3 is 2.00 bits per heavy atom. The normalized spacial score (nSPS) is 6.17. The molecule has 3 nitrogen and oxygen atoms in total. The molecule has 0 amide bonds. The Bertz CT molecular complexity index is 44.1. The van der Waals surface area contributed by atoms with Crippen molar-refractivity contribution in [2.24, 2.45) is 0 Å². The average Bonchev–Trinajstić information content (AvgIpc) is 1.38. The van der Waals surface area contributed by atoms with Gasteiger partial charge in [-0.25, -0.2) is 0 Å². The van der Waals surface area contributed by atoms with E-state index in [4.69, 9.17) is 15.0 Å². The predicted molar refractivity (Wildman–Crippen MR) is 22.0 cm³/mol. The van der Waals surface area contributed by atoms with E-state index < -0.39 is 12.6 Å². The van der Waals surface area contributed by atoms with Crippen LogP contribution in [-0.2, 0) is 4.79 Å². The van der Waals surface area contributed by atoms with Crippen molar-refractivity contribution >= 4 is 23.6 Å². The van der Waals surface area contributed by atoms with Crippen LogP contribution < -0.4 is 5.11 Å². The van der Waals surface area contributed by atoms with E-state index in [0.717, 1.165) is 0 Å². The van der Waals surface area contributed by atoms with E-state index in [2.05, 4.69) is 0 Å². The number of aliphatic hydroxyl groups is 1. The first kappa shape index (κ1) is 9.36. The molecule has 1 N–H and O–H groups in total. The maximum atomic E-state index is 9.01. The van der Waals surface area contributed by atoms with Gasteiger partial charge in [0.15, 0.2) is 0 Å². The summed E-state index contributed by atoms with van der Waals surface area (Å²) in [6.45, 7) is -0.889. The van der Waals surface area contributed by atoms with Crippen LogP contribution in [0.3, 0.4) is 0 Å². The monoisotopic (exact) mass is 152 g/mol. The van der Waals surface area contributed by atoms with Crippen LogP contribution in [0.2, 0.25) is 0 Å². The fraction of sp³-hybridized carbons (Fsp3) is 0.500. The second kappa shape index (κ2) is 4.97. The fourth-order valence-corrected chi connectivity index (χ4v) is 0. The number of hydrogen-bond donors (Lipinski definition) is 1. The van der Waals surface area contributed by atoms with Crippen molar-refractivity contribution in [1.29, 1.82) is 0 Å². The van der Waals surface area contributed by atoms with Crippen molar-refractivity contribution in [1.82, 2.24) is 0 Å². The molecule has 6 heavy (non-hydrogen) atoms. The van der Waals surface area contributed by atoms with E-state index in [1.165, 1.54) is 0 Å². The van der Waals surface area contributed by atoms with Crippen LogP contribution in [0.15, 0.2) is 0 Å². The summed E-state index contributed by atoms with van der Waals surface area (Å²) in [7, 11) is 0. The van der Waals surface area contributed by atoms with Crippen molar-refractivity contribution in [3.63, 3.8) is 0 Å². The van der Waals surface area contributed by atoms with Gasteiger partial charge in [-0.3, -0.25) is 0 Å². The van der Waals surface area contributed by atoms with Gasteiger partial charge in [0.05, 0.1) is 12.6 Å². The Hall–Kier alpha value is -0.0271. The third-order valence-electron chi connectivity index (χ3n) is 0.129. The van der Waals surface area contributed by atoms with Gasteiger partial charge in [0.25, 0.3) is 0 Å². The minimum atomic E-state index is -1.44. The summed E-state index contributed by atoms with van der Waals surface area (Å²) in [5.74, 6) is -1.44. The van der Waals surface area contributed by atoms with Gasteiger partial charge in [-0.05, 0) is 0 Å². The molecule has 0 aromatic heterocycles. The quantitative estimate of drug-likeness (QED) is 0.396. The van der Waals surface area contributed by atoms with Crippen LogP contribution in [0.5, 0.6) is 0 Å². The van der Waals surface area contributed by atoms with E-state index in [-0.39, 0.29) is 17.6 Å². The standard InChI is InChI=1S/C2H4O3.GeH3/c3-1-2(4)5;/h3H,1H2,(H,4,5);1H3/q;+1/p-1. The summed E-state index contributed by atoms with van der Waals surface area (Å²) >= 11 is 0. The van der Waals surface area contributed by atoms with Gasteiger partial charge >= 0.3 is 17.6 Å². The number of carboxylic acid groups (broad SMARTS) is 1. The number of rotatable bonds is 1. The molecule has 0 unspecified atom stereocenters. The molecule has 0 atom stereocenters. The summed E-state index contributed by atoms with van der Waals surface area (Å²) in [6.07, 6.45) is 0. The first-order valence-corrected chi connectivity index (χ1v) is 1.08. The SMILES string of the molecule is O=C([O-])CO.[GeH3+]. The predicted octanol–water partition coefficient (Wildman–Crippen LogP) is -3.46. The van der Waals surface area contributed by atoms with E-state index in [9.17, 15) is 0 Å². The molecule has 0 bridgehead atoms. The third kappa shape index (κ3) is 9.02. The summed E-state index contributed by atoms with van der Waals surface area (Å²) in [4.78, 5) is 9.01. The number of hydrogen-bond acceptors (Lipinski definition) is 3. The molecule has 0 aliphatic rings. The first-order valence-electron chi connectivity index (χ1n) is 1.08. The molecule has 0 aliphatic heterocycles. The summed E-state index contributed by atoms with van der Waals surface area (Å²) in [6, 6.07) is 0. The number of carboxylic acids is 1. The van der Waals surface area contributed by atoms with Gasteiger partial charge in [-0.1, -0.05) is 0 Å². The molecule has 0 heterocycles. The summed E-state index contributed by atoms with van der Waals surface area (Å²) in [5.41, 5.74) is 0. The Kier molecular flexibility index (Phi) is 7.76. The molecule has 0 saturated heterocycles. The molecule has 0 spiro atoms. The summed E-state index contributed by atoms with van der Waals surface area (Å²) < 4.78 is 0. The van der Waals surface area contributed by atoms with Gasteiger partial charge in [0.1, 0.15) is 0 Å². The molecule has 4 heteroatoms. The maximum absolute atomic E-state index is 9.01. The molecule has 36 valence electrons. The Morgan fingerprint density at radius 2 is 2.00 bits per heavy atom. The van der Waals surface area contributed by atoms with E-state index in [0.29, 0.717) is 0 Å². The van der Waals surface area contributed by atoms with Crippen LogP contribution in [0, 0.1) is 0 Å². The Balaban J connectivity index is 0. The van der Waals surface area contributed by atoms with Crippen LogP contribution in [0.25, 0.3) is 0 Å². The zero-order chi connectivity index (χ0) is 4.28. The number of carbonyl (C=O) groups is 1. The number of carbonyl (C=O) groups excluding carboxylic acids is 1. The summed E-state index contributed by atoms with van der Waals surface area (Å²) in [5, 5.41) is 16.5. The zero-order valence-electron chi connectivity index (χ0n) is 3.47. The van der Waals surface area contributed by atoms with Crippen molar-refractivity contribution in [2.45, 2.75) is 0 Å². The van der Waals surface area contributed by atoms with E-state index in [1.54, 1.807) is 0 Å². The van der Waals surface area contributed by atoms with Crippen LogP contribution in [0.4, 0.5) is 0 Å². The fourth-order valence-electron chi connectivity index (χ4n) is 0. The van der Waals surface area contributed by atoms with Crippen LogP contribution in [-0.4, -0.2) is 35.3 Å². The van der Waals surface area contributed by atoms with Crippen molar-refractivity contribution in [2.75, 3.05) is 6.61 Å². The van der Waals surface area contributed by atoms with Gasteiger partial charge in [-0.2, -0.15) is 0 Å². The molecule has 0 fully saturated rings. The first-order chi connectivity index (χ1) is 2.27. The van der Waals surface area contributed by atoms with Gasteiger partial charge < -0.3 is 15.0 Å². The van der Waals surface area contributed by atoms with Crippen LogP contribution in [0.1, 0.15) is 0 Å². The van der Waals surface area contributed by atoms with Crippen molar-refractivity contribution < 1.29 is 15.0 Å². The van der Waals surface area contributed by atoms with E-state index >= 15 is 0 Å². The number of aliphatic hydroxyl groups excluding tert-OH is 1. The third-order valence-corrected chi connectivity index (χ3v) is 0.129. The van der Waals surface area contributed by atoms with Crippen molar-refractivity contribution in [3.8, 4) is 0 Å². The molecule has 0 radical (unpaired) electrons. The second-order valence-corrected chi connectivity index (χ2v) is 0.530. The van der Waals surface area contributed by atoms with Crippen LogP contribution >= 0.6 is 0 Å². The zero-order valence-corrected chi connectivity index (χ0v) is 7.67. The van der Waals surface area contributed by atoms with Crippen molar-refractivity contribution in [3.05, 3.63) is 0 Å². The Labute approximate surface area is 46.0 Å². The topological polar surface area (TPSA) is 60.4 Å². The van der Waals surface area contributed by atoms with Gasteiger partial charge in [0, 0.05) is 0 Å². The second-order valence-electron chi connectivity index (χ2n) is 0.530. The van der Waals surface area contributed by atoms with Gasteiger partial charge in [-0.15, -0.1) is 0 Å². The molecular formula is C2H6GeO3. The molecule has 0 aromatic rings. The average molecular weight is 151 g/mol. The van der Waals surface area contributed by atoms with E-state index in [1.807, 2.05) is 0 Å². The molecule has 0 rings (SSSR count). The Morgan fingerprint density at radius 1 is 1.83 bits per heavy atom. The molecular weight excluding hydrogens is 145 g/mol. The van der Waals surface area contributed by atoms with Gasteiger partial charge in [0.2, 0.25) is 0 Å².